The minimum atomic E-state index is -1.10. The average Bonchev–Trinajstić information content (AvgIpc) is 3.10. The number of nitrogens with one attached hydrogen (secondary N) is 2. The largest absolute Gasteiger partial charge is 0.851 e. The third-order valence-corrected chi connectivity index (χ3v) is 6.49. The third kappa shape index (κ3) is 2.58. The molecule has 2 unspecified atom stereocenters. The van der Waals surface area contributed by atoms with Crippen LogP contribution in [-0.4, -0.2) is 29.5 Å². The molecule has 1 saturated carbocycles. The van der Waals surface area contributed by atoms with E-state index < -0.39 is 24.0 Å². The first-order valence-electron chi connectivity index (χ1n) is 9.95. The zero-order valence-electron chi connectivity index (χ0n) is 16.8. The summed E-state index contributed by atoms with van der Waals surface area (Å²) >= 11 is 0. The standard InChI is InChI=1S/C22H27N3O3/c1-5-8-14-17(21(28)24-23-14)18-19(26)12(20(18)27)11-16-22(2,3)13-9-6-7-10-15(13)25(16)4/h6-7,9-12,18-20H,5,8H2,1-4H3,(H2,23,24,28)/q-2/b16-11+. The molecule has 0 bridgehead atoms. The van der Waals surface area contributed by atoms with Gasteiger partial charge >= 0.3 is 0 Å². The Bertz CT molecular complexity index is 961. The molecule has 0 radical (unpaired) electrons. The Balaban J connectivity index is 1.65. The minimum Gasteiger partial charge on any atom is -0.851 e. The van der Waals surface area contributed by atoms with Crippen LogP contribution in [-0.2, 0) is 11.8 Å². The number of H-pyrrole nitrogens is 2. The van der Waals surface area contributed by atoms with Gasteiger partial charge in [-0.3, -0.25) is 9.89 Å². The molecule has 150 valence electrons. The van der Waals surface area contributed by atoms with Crippen LogP contribution >= 0.6 is 0 Å². The maximum atomic E-state index is 13.0. The molecule has 4 rings (SSSR count). The van der Waals surface area contributed by atoms with E-state index in [2.05, 4.69) is 41.1 Å². The van der Waals surface area contributed by atoms with E-state index in [0.717, 1.165) is 17.8 Å². The quantitative estimate of drug-likeness (QED) is 0.830. The normalized spacial score (nSPS) is 29.8. The lowest BCUT2D eigenvalue weighted by Gasteiger charge is -2.60. The highest BCUT2D eigenvalue weighted by atomic mass is 16.3. The highest BCUT2D eigenvalue weighted by Crippen LogP contribution is 2.49. The summed E-state index contributed by atoms with van der Waals surface area (Å²) in [7, 11) is 1.98. The second kappa shape index (κ2) is 6.64. The lowest BCUT2D eigenvalue weighted by molar-refractivity contribution is -0.543. The number of anilines is 1. The van der Waals surface area contributed by atoms with Crippen LogP contribution in [0.2, 0.25) is 0 Å². The monoisotopic (exact) mass is 381 g/mol. The summed E-state index contributed by atoms with van der Waals surface area (Å²) in [6.45, 7) is 6.24. The molecule has 1 aromatic carbocycles. The molecule has 1 fully saturated rings. The van der Waals surface area contributed by atoms with Crippen molar-refractivity contribution >= 4 is 5.69 Å². The van der Waals surface area contributed by atoms with E-state index in [4.69, 9.17) is 0 Å². The number of allylic oxidation sites excluding steroid dienone is 1. The molecule has 0 amide bonds. The highest BCUT2D eigenvalue weighted by molar-refractivity contribution is 5.69. The van der Waals surface area contributed by atoms with Crippen LogP contribution in [0.15, 0.2) is 40.8 Å². The zero-order chi connectivity index (χ0) is 20.2. The Morgan fingerprint density at radius 1 is 1.18 bits per heavy atom. The number of rotatable bonds is 4. The van der Waals surface area contributed by atoms with Crippen LogP contribution in [0.1, 0.15) is 49.9 Å². The summed E-state index contributed by atoms with van der Waals surface area (Å²) in [5.41, 5.74) is 3.76. The van der Waals surface area contributed by atoms with Crippen LogP contribution < -0.4 is 20.7 Å². The topological polar surface area (TPSA) is 98.0 Å². The van der Waals surface area contributed by atoms with Crippen molar-refractivity contribution in [2.45, 2.75) is 57.2 Å². The molecular formula is C22H27N3O3-2. The maximum Gasteiger partial charge on any atom is 0.267 e. The van der Waals surface area contributed by atoms with Gasteiger partial charge in [-0.15, -0.1) is 12.2 Å². The highest BCUT2D eigenvalue weighted by Gasteiger charge is 2.43. The SMILES string of the molecule is CCCc1[nH][nH]c(=O)c1C1C([O-])C(/C=C2/N(C)c3ccccc3C2(C)C)C1[O-]. The lowest BCUT2D eigenvalue weighted by Crippen LogP contribution is -2.65. The Morgan fingerprint density at radius 2 is 1.86 bits per heavy atom. The van der Waals surface area contributed by atoms with Gasteiger partial charge in [0.05, 0.1) is 0 Å². The van der Waals surface area contributed by atoms with Crippen molar-refractivity contribution in [1.82, 2.24) is 10.2 Å². The number of likely N-dealkylation sites (N-methyl/N-ethyl adjacent to an activating group) is 1. The van der Waals surface area contributed by atoms with Gasteiger partial charge in [-0.05, 0) is 29.9 Å². The van der Waals surface area contributed by atoms with E-state index in [9.17, 15) is 15.0 Å². The number of para-hydroxylation sites is 1. The molecule has 6 heteroatoms. The fourth-order valence-corrected chi connectivity index (χ4v) is 4.91. The number of fused-ring (bicyclic) bond motifs is 1. The predicted molar refractivity (Wildman–Crippen MR) is 105 cm³/mol. The van der Waals surface area contributed by atoms with Crippen LogP contribution in [0.4, 0.5) is 5.69 Å². The van der Waals surface area contributed by atoms with Crippen molar-refractivity contribution in [3.8, 4) is 0 Å². The minimum absolute atomic E-state index is 0.269. The van der Waals surface area contributed by atoms with Crippen molar-refractivity contribution in [3.63, 3.8) is 0 Å². The van der Waals surface area contributed by atoms with E-state index in [0.29, 0.717) is 17.7 Å². The van der Waals surface area contributed by atoms with Gasteiger partial charge in [0, 0.05) is 35.1 Å². The van der Waals surface area contributed by atoms with Crippen LogP contribution in [0.25, 0.3) is 0 Å². The Morgan fingerprint density at radius 3 is 2.50 bits per heavy atom. The molecule has 0 spiro atoms. The summed E-state index contributed by atoms with van der Waals surface area (Å²) in [4.78, 5) is 14.3. The molecular weight excluding hydrogens is 354 g/mol. The van der Waals surface area contributed by atoms with Gasteiger partial charge < -0.3 is 20.2 Å². The van der Waals surface area contributed by atoms with E-state index >= 15 is 0 Å². The molecule has 2 aliphatic rings. The molecule has 2 aromatic rings. The van der Waals surface area contributed by atoms with Gasteiger partial charge in [0.15, 0.2) is 0 Å². The maximum absolute atomic E-state index is 13.0. The Kier molecular flexibility index (Phi) is 4.51. The number of hydrogen-bond acceptors (Lipinski definition) is 4. The van der Waals surface area contributed by atoms with E-state index in [1.807, 2.05) is 32.2 Å². The second-order valence-corrected chi connectivity index (χ2v) is 8.51. The molecule has 2 atom stereocenters. The number of nitrogens with zero attached hydrogens (tertiary/aromatic N) is 1. The summed E-state index contributed by atoms with van der Waals surface area (Å²) in [6, 6.07) is 8.15. The number of benzene rings is 1. The molecule has 1 aromatic heterocycles. The number of aryl methyl sites for hydroxylation is 1. The van der Waals surface area contributed by atoms with Crippen molar-refractivity contribution in [1.29, 1.82) is 0 Å². The molecule has 28 heavy (non-hydrogen) atoms. The predicted octanol–water partition coefficient (Wildman–Crippen LogP) is 1.14. The van der Waals surface area contributed by atoms with Crippen molar-refractivity contribution in [3.05, 3.63) is 63.2 Å². The first kappa shape index (κ1) is 19.0. The average molecular weight is 381 g/mol. The fraction of sp³-hybridized carbons (Fsp3) is 0.500. The van der Waals surface area contributed by atoms with E-state index in [-0.39, 0.29) is 11.0 Å². The number of aromatic nitrogens is 2. The lowest BCUT2D eigenvalue weighted by atomic mass is 9.64. The van der Waals surface area contributed by atoms with Crippen molar-refractivity contribution in [2.75, 3.05) is 11.9 Å². The van der Waals surface area contributed by atoms with Crippen LogP contribution in [0, 0.1) is 5.92 Å². The smallest absolute Gasteiger partial charge is 0.267 e. The Hall–Kier alpha value is -2.31. The zero-order valence-corrected chi connectivity index (χ0v) is 16.8. The third-order valence-electron chi connectivity index (χ3n) is 6.49. The summed E-state index contributed by atoms with van der Waals surface area (Å²) in [5.74, 6) is -1.41. The van der Waals surface area contributed by atoms with Crippen LogP contribution in [0.3, 0.4) is 0 Å². The van der Waals surface area contributed by atoms with Gasteiger partial charge in [-0.25, -0.2) is 0 Å². The first-order chi connectivity index (χ1) is 13.3. The fourth-order valence-electron chi connectivity index (χ4n) is 4.91. The van der Waals surface area contributed by atoms with Crippen molar-refractivity contribution < 1.29 is 10.2 Å². The van der Waals surface area contributed by atoms with Gasteiger partial charge in [0.2, 0.25) is 0 Å². The van der Waals surface area contributed by atoms with Gasteiger partial charge in [0.1, 0.15) is 0 Å². The van der Waals surface area contributed by atoms with Crippen LogP contribution in [0.5, 0.6) is 0 Å². The molecule has 0 saturated heterocycles. The first-order valence-corrected chi connectivity index (χ1v) is 9.95. The van der Waals surface area contributed by atoms with Crippen molar-refractivity contribution in [2.24, 2.45) is 5.92 Å². The summed E-state index contributed by atoms with van der Waals surface area (Å²) < 4.78 is 0. The molecule has 2 N–H and O–H groups in total. The number of hydrogen-bond donors (Lipinski definition) is 2. The second-order valence-electron chi connectivity index (χ2n) is 8.51. The molecule has 1 aliphatic carbocycles. The molecule has 6 nitrogen and oxygen atoms in total. The number of aromatic amines is 2. The van der Waals surface area contributed by atoms with Gasteiger partial charge in [-0.2, -0.15) is 0 Å². The van der Waals surface area contributed by atoms with Gasteiger partial charge in [0.25, 0.3) is 5.56 Å². The van der Waals surface area contributed by atoms with E-state index in [1.165, 1.54) is 5.56 Å². The van der Waals surface area contributed by atoms with E-state index in [1.54, 1.807) is 0 Å². The Labute approximate surface area is 164 Å². The molecule has 2 heterocycles. The summed E-state index contributed by atoms with van der Waals surface area (Å²) in [5, 5.41) is 31.4. The van der Waals surface area contributed by atoms with Gasteiger partial charge in [-0.1, -0.05) is 51.5 Å². The summed E-state index contributed by atoms with van der Waals surface area (Å²) in [6.07, 6.45) is 1.16. The molecule has 1 aliphatic heterocycles.